The number of aromatic nitrogens is 2. The van der Waals surface area contributed by atoms with Gasteiger partial charge in [0.15, 0.2) is 0 Å². The molecule has 2 aromatic carbocycles. The van der Waals surface area contributed by atoms with Gasteiger partial charge in [0.1, 0.15) is 17.4 Å². The number of hydrogen-bond donors (Lipinski definition) is 2. The lowest BCUT2D eigenvalue weighted by atomic mass is 9.76. The molecule has 1 aromatic heterocycles. The highest BCUT2D eigenvalue weighted by molar-refractivity contribution is 6.63. The molecule has 0 saturated carbocycles. The first-order valence-electron chi connectivity index (χ1n) is 10.7. The number of anilines is 1. The quantitative estimate of drug-likeness (QED) is 0.344. The number of benzene rings is 2. The molecule has 0 unspecified atom stereocenters. The van der Waals surface area contributed by atoms with E-state index in [0.717, 1.165) is 0 Å². The minimum Gasteiger partial charge on any atom is -0.399 e. The van der Waals surface area contributed by atoms with Crippen molar-refractivity contribution in [3.05, 3.63) is 75.8 Å². The van der Waals surface area contributed by atoms with Gasteiger partial charge < -0.3 is 9.31 Å². The van der Waals surface area contributed by atoms with Crippen LogP contribution in [0.3, 0.4) is 0 Å². The zero-order valence-corrected chi connectivity index (χ0v) is 19.2. The maximum absolute atomic E-state index is 14.0. The SMILES string of the molecule is CC1(C)OB(c2cc(F)ccc2C=NNc2nc(-c3ccccc3)c(C#N)c(=O)[nH]2)OC1(C)C. The molecule has 1 aliphatic heterocycles. The van der Waals surface area contributed by atoms with Crippen LogP contribution >= 0.6 is 0 Å². The molecule has 3 aromatic rings. The molecule has 8 nitrogen and oxygen atoms in total. The summed E-state index contributed by atoms with van der Waals surface area (Å²) in [7, 11) is -0.778. The Balaban J connectivity index is 1.63. The maximum Gasteiger partial charge on any atom is 0.495 e. The van der Waals surface area contributed by atoms with Crippen LogP contribution in [0.1, 0.15) is 38.8 Å². The Labute approximate surface area is 196 Å². The van der Waals surface area contributed by atoms with Crippen molar-refractivity contribution in [2.75, 3.05) is 5.43 Å². The molecule has 172 valence electrons. The van der Waals surface area contributed by atoms with E-state index in [-0.39, 0.29) is 17.2 Å². The van der Waals surface area contributed by atoms with Crippen molar-refractivity contribution in [1.82, 2.24) is 9.97 Å². The van der Waals surface area contributed by atoms with Gasteiger partial charge in [0.25, 0.3) is 5.56 Å². The zero-order valence-electron chi connectivity index (χ0n) is 19.2. The third kappa shape index (κ3) is 4.48. The van der Waals surface area contributed by atoms with E-state index in [9.17, 15) is 14.4 Å². The third-order valence-electron chi connectivity index (χ3n) is 6.01. The number of H-pyrrole nitrogens is 1. The third-order valence-corrected chi connectivity index (χ3v) is 6.01. The minimum absolute atomic E-state index is 0.0541. The van der Waals surface area contributed by atoms with E-state index < -0.39 is 29.7 Å². The van der Waals surface area contributed by atoms with Gasteiger partial charge in [0.2, 0.25) is 5.95 Å². The van der Waals surface area contributed by atoms with Gasteiger partial charge in [0.05, 0.1) is 23.1 Å². The topological polar surface area (TPSA) is 112 Å². The van der Waals surface area contributed by atoms with Crippen molar-refractivity contribution in [2.24, 2.45) is 5.10 Å². The van der Waals surface area contributed by atoms with Crippen molar-refractivity contribution >= 4 is 24.7 Å². The van der Waals surface area contributed by atoms with Gasteiger partial charge in [0, 0.05) is 5.56 Å². The van der Waals surface area contributed by atoms with E-state index in [1.807, 2.05) is 39.8 Å². The summed E-state index contributed by atoms with van der Waals surface area (Å²) in [6, 6.07) is 15.0. The van der Waals surface area contributed by atoms with Crippen LogP contribution in [0.4, 0.5) is 10.3 Å². The molecule has 0 amide bonds. The Bertz CT molecular complexity index is 1330. The summed E-state index contributed by atoms with van der Waals surface area (Å²) in [5, 5.41) is 13.5. The minimum atomic E-state index is -0.778. The molecule has 2 heterocycles. The number of hydrogen-bond acceptors (Lipinski definition) is 7. The largest absolute Gasteiger partial charge is 0.495 e. The second kappa shape index (κ2) is 8.86. The van der Waals surface area contributed by atoms with Gasteiger partial charge in [-0.1, -0.05) is 36.4 Å². The van der Waals surface area contributed by atoms with E-state index in [0.29, 0.717) is 16.6 Å². The van der Waals surface area contributed by atoms with Gasteiger partial charge in [-0.2, -0.15) is 10.4 Å². The van der Waals surface area contributed by atoms with Crippen LogP contribution in [0, 0.1) is 17.1 Å². The normalized spacial score (nSPS) is 16.5. The lowest BCUT2D eigenvalue weighted by molar-refractivity contribution is 0.00578. The number of nitrogens with zero attached hydrogens (tertiary/aromatic N) is 3. The highest BCUT2D eigenvalue weighted by Gasteiger charge is 2.52. The van der Waals surface area contributed by atoms with Gasteiger partial charge in [-0.15, -0.1) is 0 Å². The summed E-state index contributed by atoms with van der Waals surface area (Å²) in [5.74, 6) is -0.376. The standard InChI is InChI=1S/C24H23BFN5O3/c1-23(2)24(3,4)34-25(33-23)19-12-17(26)11-10-16(19)14-28-31-22-29-20(15-8-6-5-7-9-15)18(13-27)21(32)30-22/h5-12,14H,1-4H3,(H2,29,30,31,32). The lowest BCUT2D eigenvalue weighted by Crippen LogP contribution is -2.41. The second-order valence-electron chi connectivity index (χ2n) is 8.85. The molecule has 1 saturated heterocycles. The number of nitrogens with one attached hydrogen (secondary N) is 2. The Morgan fingerprint density at radius 2 is 1.82 bits per heavy atom. The second-order valence-corrected chi connectivity index (χ2v) is 8.85. The Kier molecular flexibility index (Phi) is 6.08. The van der Waals surface area contributed by atoms with Crippen LogP contribution in [0.5, 0.6) is 0 Å². The molecule has 10 heteroatoms. The van der Waals surface area contributed by atoms with E-state index >= 15 is 0 Å². The van der Waals surface area contributed by atoms with Crippen molar-refractivity contribution in [1.29, 1.82) is 5.26 Å². The van der Waals surface area contributed by atoms with Gasteiger partial charge in [-0.05, 0) is 50.9 Å². The Hall–Kier alpha value is -3.81. The average Bonchev–Trinajstić information content (AvgIpc) is 3.01. The Morgan fingerprint density at radius 1 is 1.15 bits per heavy atom. The zero-order chi connectivity index (χ0) is 24.5. The number of halogens is 1. The average molecular weight is 459 g/mol. The monoisotopic (exact) mass is 459 g/mol. The highest BCUT2D eigenvalue weighted by Crippen LogP contribution is 2.36. The van der Waals surface area contributed by atoms with E-state index in [2.05, 4.69) is 20.5 Å². The Morgan fingerprint density at radius 3 is 2.47 bits per heavy atom. The molecular formula is C24H23BFN5O3. The summed E-state index contributed by atoms with van der Waals surface area (Å²) in [4.78, 5) is 19.2. The molecule has 0 bridgehead atoms. The number of nitriles is 1. The highest BCUT2D eigenvalue weighted by atomic mass is 19.1. The van der Waals surface area contributed by atoms with Gasteiger partial charge >= 0.3 is 7.12 Å². The number of aromatic amines is 1. The van der Waals surface area contributed by atoms with Crippen LogP contribution in [-0.2, 0) is 9.31 Å². The fourth-order valence-corrected chi connectivity index (χ4v) is 3.44. The van der Waals surface area contributed by atoms with Crippen molar-refractivity contribution in [3.63, 3.8) is 0 Å². The van der Waals surface area contributed by atoms with Gasteiger partial charge in [-0.3, -0.25) is 9.78 Å². The summed E-state index contributed by atoms with van der Waals surface area (Å²) < 4.78 is 26.2. The fourth-order valence-electron chi connectivity index (χ4n) is 3.44. The first-order chi connectivity index (χ1) is 16.1. The number of hydrazone groups is 1. The molecule has 0 spiro atoms. The van der Waals surface area contributed by atoms with Crippen LogP contribution < -0.4 is 16.4 Å². The lowest BCUT2D eigenvalue weighted by Gasteiger charge is -2.32. The van der Waals surface area contributed by atoms with Crippen LogP contribution in [0.25, 0.3) is 11.3 Å². The van der Waals surface area contributed by atoms with E-state index in [1.165, 1.54) is 18.3 Å². The molecule has 0 atom stereocenters. The van der Waals surface area contributed by atoms with E-state index in [4.69, 9.17) is 9.31 Å². The summed E-state index contributed by atoms with van der Waals surface area (Å²) >= 11 is 0. The first-order valence-corrected chi connectivity index (χ1v) is 10.7. The smallest absolute Gasteiger partial charge is 0.399 e. The fraction of sp³-hybridized carbons (Fsp3) is 0.250. The molecule has 2 N–H and O–H groups in total. The molecule has 1 fully saturated rings. The van der Waals surface area contributed by atoms with Gasteiger partial charge in [-0.25, -0.2) is 14.8 Å². The number of rotatable bonds is 5. The predicted octanol–water partition coefficient (Wildman–Crippen LogP) is 3.19. The molecule has 1 aliphatic rings. The molecular weight excluding hydrogens is 436 g/mol. The molecule has 34 heavy (non-hydrogen) atoms. The summed E-state index contributed by atoms with van der Waals surface area (Å²) in [6.45, 7) is 7.66. The summed E-state index contributed by atoms with van der Waals surface area (Å²) in [5.41, 5.74) is 2.73. The molecule has 4 rings (SSSR count). The van der Waals surface area contributed by atoms with Crippen LogP contribution in [0.2, 0.25) is 0 Å². The summed E-state index contributed by atoms with van der Waals surface area (Å²) in [6.07, 6.45) is 1.46. The van der Waals surface area contributed by atoms with Crippen LogP contribution in [-0.4, -0.2) is 34.5 Å². The van der Waals surface area contributed by atoms with Crippen molar-refractivity contribution in [2.45, 2.75) is 38.9 Å². The van der Waals surface area contributed by atoms with Crippen molar-refractivity contribution in [3.8, 4) is 17.3 Å². The maximum atomic E-state index is 14.0. The molecule has 0 aliphatic carbocycles. The van der Waals surface area contributed by atoms with Crippen LogP contribution in [0.15, 0.2) is 58.4 Å². The predicted molar refractivity (Wildman–Crippen MR) is 128 cm³/mol. The van der Waals surface area contributed by atoms with Crippen molar-refractivity contribution < 1.29 is 13.7 Å². The molecule has 0 radical (unpaired) electrons. The van der Waals surface area contributed by atoms with E-state index in [1.54, 1.807) is 30.3 Å². The first kappa shape index (κ1) is 23.4.